The molecule has 0 fully saturated rings. The van der Waals surface area contributed by atoms with E-state index in [4.69, 9.17) is 9.47 Å². The van der Waals surface area contributed by atoms with Crippen molar-refractivity contribution in [2.75, 3.05) is 32.1 Å². The number of benzene rings is 2. The molecule has 0 unspecified atom stereocenters. The molecule has 0 saturated carbocycles. The number of hydrogen-bond acceptors (Lipinski definition) is 4. The molecular formula is C25H34N2O4. The minimum absolute atomic E-state index is 0.0544. The molecule has 31 heavy (non-hydrogen) atoms. The summed E-state index contributed by atoms with van der Waals surface area (Å²) >= 11 is 0. The number of nitrogens with one attached hydrogen (secondary N) is 1. The molecule has 0 heterocycles. The van der Waals surface area contributed by atoms with E-state index in [1.54, 1.807) is 25.2 Å². The SMILES string of the molecule is CCOc1cc(C(=O)N(C)CC(=O)Nc2c(C)cc(C)cc2C)ccc1OCC(C)C. The maximum absolute atomic E-state index is 12.9. The van der Waals surface area contributed by atoms with Crippen molar-refractivity contribution in [2.45, 2.75) is 41.5 Å². The number of carbonyl (C=O) groups is 2. The van der Waals surface area contributed by atoms with Gasteiger partial charge in [-0.25, -0.2) is 0 Å². The molecule has 0 bridgehead atoms. The van der Waals surface area contributed by atoms with Crippen LogP contribution in [0.4, 0.5) is 5.69 Å². The number of likely N-dealkylation sites (N-methyl/N-ethyl adjacent to an activating group) is 1. The highest BCUT2D eigenvalue weighted by molar-refractivity contribution is 6.00. The average Bonchev–Trinajstić information content (AvgIpc) is 2.69. The second-order valence-corrected chi connectivity index (χ2v) is 8.28. The third kappa shape index (κ3) is 6.74. The van der Waals surface area contributed by atoms with Gasteiger partial charge in [0.25, 0.3) is 5.91 Å². The molecule has 2 aromatic carbocycles. The molecule has 0 aliphatic carbocycles. The minimum atomic E-state index is -0.260. The van der Waals surface area contributed by atoms with Gasteiger partial charge >= 0.3 is 0 Å². The van der Waals surface area contributed by atoms with Crippen LogP contribution in [0.15, 0.2) is 30.3 Å². The molecule has 6 nitrogen and oxygen atoms in total. The van der Waals surface area contributed by atoms with Gasteiger partial charge in [0, 0.05) is 18.3 Å². The summed E-state index contributed by atoms with van der Waals surface area (Å²) in [5, 5.41) is 2.93. The van der Waals surface area contributed by atoms with Crippen molar-refractivity contribution in [1.82, 2.24) is 4.90 Å². The van der Waals surface area contributed by atoms with Gasteiger partial charge in [-0.15, -0.1) is 0 Å². The van der Waals surface area contributed by atoms with E-state index >= 15 is 0 Å². The van der Waals surface area contributed by atoms with E-state index in [1.807, 2.05) is 39.8 Å². The van der Waals surface area contributed by atoms with Crippen LogP contribution in [0, 0.1) is 26.7 Å². The van der Waals surface area contributed by atoms with Gasteiger partial charge in [-0.05, 0) is 62.9 Å². The second kappa shape index (κ2) is 10.8. The molecule has 0 aliphatic rings. The molecule has 0 atom stereocenters. The smallest absolute Gasteiger partial charge is 0.254 e. The molecule has 0 spiro atoms. The molecule has 0 saturated heterocycles. The number of ether oxygens (including phenoxy) is 2. The minimum Gasteiger partial charge on any atom is -0.490 e. The summed E-state index contributed by atoms with van der Waals surface area (Å²) in [5.41, 5.74) is 4.38. The van der Waals surface area contributed by atoms with E-state index in [0.29, 0.717) is 36.2 Å². The van der Waals surface area contributed by atoms with E-state index in [1.165, 1.54) is 4.90 Å². The Labute approximate surface area is 185 Å². The number of anilines is 1. The lowest BCUT2D eigenvalue weighted by atomic mass is 10.1. The monoisotopic (exact) mass is 426 g/mol. The predicted octanol–water partition coefficient (Wildman–Crippen LogP) is 4.76. The van der Waals surface area contributed by atoms with Gasteiger partial charge in [-0.1, -0.05) is 31.5 Å². The van der Waals surface area contributed by atoms with Crippen LogP contribution in [-0.2, 0) is 4.79 Å². The summed E-state index contributed by atoms with van der Waals surface area (Å²) in [6.07, 6.45) is 0. The number of nitrogens with zero attached hydrogens (tertiary/aromatic N) is 1. The summed E-state index contributed by atoms with van der Waals surface area (Å²) in [6, 6.07) is 9.16. The Balaban J connectivity index is 2.10. The summed E-state index contributed by atoms with van der Waals surface area (Å²) in [4.78, 5) is 26.9. The van der Waals surface area contributed by atoms with Gasteiger partial charge in [-0.3, -0.25) is 9.59 Å². The summed E-state index contributed by atoms with van der Waals surface area (Å²) < 4.78 is 11.5. The quantitative estimate of drug-likeness (QED) is 0.628. The van der Waals surface area contributed by atoms with Gasteiger partial charge < -0.3 is 19.7 Å². The topological polar surface area (TPSA) is 67.9 Å². The highest BCUT2D eigenvalue weighted by atomic mass is 16.5. The molecule has 0 aromatic heterocycles. The summed E-state index contributed by atoms with van der Waals surface area (Å²) in [7, 11) is 1.61. The average molecular weight is 427 g/mol. The van der Waals surface area contributed by atoms with Crippen molar-refractivity contribution in [1.29, 1.82) is 0 Å². The lowest BCUT2D eigenvalue weighted by molar-refractivity contribution is -0.116. The van der Waals surface area contributed by atoms with Gasteiger partial charge in [0.15, 0.2) is 11.5 Å². The van der Waals surface area contributed by atoms with Crippen LogP contribution in [0.3, 0.4) is 0 Å². The molecule has 0 aliphatic heterocycles. The highest BCUT2D eigenvalue weighted by Gasteiger charge is 2.18. The highest BCUT2D eigenvalue weighted by Crippen LogP contribution is 2.29. The molecule has 2 rings (SSSR count). The Morgan fingerprint density at radius 1 is 1.00 bits per heavy atom. The van der Waals surface area contributed by atoms with Crippen molar-refractivity contribution in [2.24, 2.45) is 5.92 Å². The Morgan fingerprint density at radius 2 is 1.65 bits per heavy atom. The molecule has 0 radical (unpaired) electrons. The lowest BCUT2D eigenvalue weighted by Gasteiger charge is -2.20. The Bertz CT molecular complexity index is 914. The van der Waals surface area contributed by atoms with Crippen molar-refractivity contribution in [3.05, 3.63) is 52.6 Å². The zero-order valence-corrected chi connectivity index (χ0v) is 19.7. The Hall–Kier alpha value is -3.02. The first-order valence-electron chi connectivity index (χ1n) is 10.6. The second-order valence-electron chi connectivity index (χ2n) is 8.28. The number of amides is 2. The van der Waals surface area contributed by atoms with Gasteiger partial charge in [-0.2, -0.15) is 0 Å². The fraction of sp³-hybridized carbons (Fsp3) is 0.440. The van der Waals surface area contributed by atoms with E-state index < -0.39 is 0 Å². The molecule has 2 aromatic rings. The van der Waals surface area contributed by atoms with Crippen LogP contribution in [0.2, 0.25) is 0 Å². The zero-order valence-electron chi connectivity index (χ0n) is 19.7. The van der Waals surface area contributed by atoms with Crippen LogP contribution < -0.4 is 14.8 Å². The lowest BCUT2D eigenvalue weighted by Crippen LogP contribution is -2.35. The number of carbonyl (C=O) groups excluding carboxylic acids is 2. The van der Waals surface area contributed by atoms with E-state index in [-0.39, 0.29) is 18.4 Å². The molecule has 168 valence electrons. The van der Waals surface area contributed by atoms with Gasteiger partial charge in [0.2, 0.25) is 5.91 Å². The van der Waals surface area contributed by atoms with Gasteiger partial charge in [0.1, 0.15) is 0 Å². The maximum atomic E-state index is 12.9. The normalized spacial score (nSPS) is 10.7. The van der Waals surface area contributed by atoms with Crippen LogP contribution in [0.1, 0.15) is 47.8 Å². The first-order valence-corrected chi connectivity index (χ1v) is 10.6. The largest absolute Gasteiger partial charge is 0.490 e. The van der Waals surface area contributed by atoms with E-state index in [9.17, 15) is 9.59 Å². The maximum Gasteiger partial charge on any atom is 0.254 e. The molecule has 2 amide bonds. The molecule has 1 N–H and O–H groups in total. The fourth-order valence-electron chi connectivity index (χ4n) is 3.35. The third-order valence-corrected chi connectivity index (χ3v) is 4.73. The van der Waals surface area contributed by atoms with Crippen molar-refractivity contribution < 1.29 is 19.1 Å². The van der Waals surface area contributed by atoms with E-state index in [0.717, 1.165) is 22.4 Å². The number of rotatable bonds is 9. The molecular weight excluding hydrogens is 392 g/mol. The number of hydrogen-bond donors (Lipinski definition) is 1. The Morgan fingerprint density at radius 3 is 2.23 bits per heavy atom. The Kier molecular flexibility index (Phi) is 8.48. The van der Waals surface area contributed by atoms with Gasteiger partial charge in [0.05, 0.1) is 19.8 Å². The van der Waals surface area contributed by atoms with Crippen molar-refractivity contribution in [3.8, 4) is 11.5 Å². The van der Waals surface area contributed by atoms with E-state index in [2.05, 4.69) is 19.2 Å². The third-order valence-electron chi connectivity index (χ3n) is 4.73. The van der Waals surface area contributed by atoms with Crippen molar-refractivity contribution in [3.63, 3.8) is 0 Å². The fourth-order valence-corrected chi connectivity index (χ4v) is 3.35. The first-order chi connectivity index (χ1) is 14.6. The van der Waals surface area contributed by atoms with Crippen LogP contribution in [0.5, 0.6) is 11.5 Å². The summed E-state index contributed by atoms with van der Waals surface area (Å²) in [6.45, 7) is 12.9. The van der Waals surface area contributed by atoms with Crippen LogP contribution in [0.25, 0.3) is 0 Å². The first kappa shape index (κ1) is 24.3. The van der Waals surface area contributed by atoms with Crippen molar-refractivity contribution >= 4 is 17.5 Å². The van der Waals surface area contributed by atoms with Crippen LogP contribution in [-0.4, -0.2) is 43.5 Å². The number of aryl methyl sites for hydroxylation is 3. The standard InChI is InChI=1S/C25H34N2O4/c1-8-30-22-13-20(9-10-21(22)31-15-16(2)3)25(29)27(7)14-23(28)26-24-18(5)11-17(4)12-19(24)6/h9-13,16H,8,14-15H2,1-7H3,(H,26,28). The molecule has 6 heteroatoms. The zero-order chi connectivity index (χ0) is 23.1. The van der Waals surface area contributed by atoms with Crippen LogP contribution >= 0.6 is 0 Å². The summed E-state index contributed by atoms with van der Waals surface area (Å²) in [5.74, 6) is 1.01. The predicted molar refractivity (Wildman–Crippen MR) is 124 cm³/mol.